The van der Waals surface area contributed by atoms with Crippen LogP contribution in [0.2, 0.25) is 0 Å². The predicted octanol–water partition coefficient (Wildman–Crippen LogP) is 2.66. The number of amides is 1. The Morgan fingerprint density at radius 1 is 1.00 bits per heavy atom. The summed E-state index contributed by atoms with van der Waals surface area (Å²) in [5.74, 6) is -0.115. The Morgan fingerprint density at radius 3 is 2.00 bits per heavy atom. The van der Waals surface area contributed by atoms with Gasteiger partial charge in [-0.15, -0.1) is 0 Å². The molecule has 2 atom stereocenters. The van der Waals surface area contributed by atoms with Crippen molar-refractivity contribution in [2.45, 2.75) is 26.1 Å². The highest BCUT2D eigenvalue weighted by molar-refractivity contribution is 6.13. The second-order valence-corrected chi connectivity index (χ2v) is 6.68. The molecule has 5 nitrogen and oxygen atoms in total. The second-order valence-electron chi connectivity index (χ2n) is 6.68. The molecular weight excluding hydrogens is 326 g/mol. The largest absolute Gasteiger partial charge is 0.373 e. The van der Waals surface area contributed by atoms with E-state index in [1.165, 1.54) is 0 Å². The van der Waals surface area contributed by atoms with Crippen molar-refractivity contribution in [2.75, 3.05) is 19.6 Å². The maximum Gasteiger partial charge on any atom is 0.254 e. The van der Waals surface area contributed by atoms with Crippen LogP contribution >= 0.6 is 0 Å². The number of carbonyl (C=O) groups excluding carboxylic acids is 1. The van der Waals surface area contributed by atoms with Crippen molar-refractivity contribution in [2.24, 2.45) is 5.10 Å². The van der Waals surface area contributed by atoms with Gasteiger partial charge in [-0.2, -0.15) is 5.10 Å². The Morgan fingerprint density at radius 2 is 1.50 bits per heavy atom. The summed E-state index contributed by atoms with van der Waals surface area (Å²) in [6, 6.07) is 19.7. The molecule has 1 N–H and O–H groups in total. The molecule has 0 aromatic heterocycles. The van der Waals surface area contributed by atoms with Gasteiger partial charge < -0.3 is 4.74 Å². The van der Waals surface area contributed by atoms with E-state index in [0.717, 1.165) is 29.9 Å². The van der Waals surface area contributed by atoms with Gasteiger partial charge in [0.25, 0.3) is 5.91 Å². The van der Waals surface area contributed by atoms with Crippen LogP contribution in [0, 0.1) is 0 Å². The molecule has 5 heteroatoms. The zero-order chi connectivity index (χ0) is 18.4. The number of hydrogen-bond acceptors (Lipinski definition) is 4. The van der Waals surface area contributed by atoms with Gasteiger partial charge >= 0.3 is 0 Å². The van der Waals surface area contributed by atoms with E-state index in [0.29, 0.717) is 6.54 Å². The molecule has 0 spiro atoms. The van der Waals surface area contributed by atoms with Crippen LogP contribution < -0.4 is 5.43 Å². The molecule has 3 rings (SSSR count). The zero-order valence-electron chi connectivity index (χ0n) is 15.3. The smallest absolute Gasteiger partial charge is 0.254 e. The number of nitrogens with one attached hydrogen (secondary N) is 1. The van der Waals surface area contributed by atoms with Crippen LogP contribution in [0.1, 0.15) is 25.0 Å². The lowest BCUT2D eigenvalue weighted by molar-refractivity contribution is -0.125. The van der Waals surface area contributed by atoms with E-state index in [4.69, 9.17) is 4.74 Å². The first-order valence-electron chi connectivity index (χ1n) is 8.97. The minimum absolute atomic E-state index is 0.115. The number of hydrazone groups is 1. The van der Waals surface area contributed by atoms with E-state index >= 15 is 0 Å². The van der Waals surface area contributed by atoms with Crippen LogP contribution in [0.5, 0.6) is 0 Å². The van der Waals surface area contributed by atoms with Crippen LogP contribution in [0.15, 0.2) is 65.8 Å². The maximum atomic E-state index is 12.4. The average molecular weight is 351 g/mol. The molecular formula is C21H25N3O2. The van der Waals surface area contributed by atoms with Crippen LogP contribution in [0.4, 0.5) is 0 Å². The standard InChI is InChI=1S/C21H25N3O2/c1-16-13-24(14-17(2)26-16)15-20(25)22-23-21(18-9-5-3-6-10-18)19-11-7-4-8-12-19/h3-12,16-17H,13-15H2,1-2H3,(H,22,25)/t16-,17+. The van der Waals surface area contributed by atoms with Gasteiger partial charge in [0.1, 0.15) is 0 Å². The Hall–Kier alpha value is -2.50. The van der Waals surface area contributed by atoms with E-state index in [-0.39, 0.29) is 18.1 Å². The van der Waals surface area contributed by atoms with E-state index in [1.54, 1.807) is 0 Å². The third-order valence-electron chi connectivity index (χ3n) is 4.25. The Kier molecular flexibility index (Phi) is 6.15. The third-order valence-corrected chi connectivity index (χ3v) is 4.25. The van der Waals surface area contributed by atoms with Crippen LogP contribution in [0.3, 0.4) is 0 Å². The number of carbonyl (C=O) groups is 1. The zero-order valence-corrected chi connectivity index (χ0v) is 15.3. The molecule has 1 fully saturated rings. The highest BCUT2D eigenvalue weighted by atomic mass is 16.5. The van der Waals surface area contributed by atoms with Crippen LogP contribution in [-0.2, 0) is 9.53 Å². The molecule has 1 amide bonds. The molecule has 1 saturated heterocycles. The molecule has 0 unspecified atom stereocenters. The molecule has 1 aliphatic rings. The Balaban J connectivity index is 1.71. The molecule has 0 bridgehead atoms. The molecule has 1 heterocycles. The number of benzene rings is 2. The lowest BCUT2D eigenvalue weighted by Crippen LogP contribution is -2.48. The average Bonchev–Trinajstić information content (AvgIpc) is 2.63. The molecule has 2 aromatic carbocycles. The summed E-state index contributed by atoms with van der Waals surface area (Å²) in [6.45, 7) is 5.89. The lowest BCUT2D eigenvalue weighted by atomic mass is 10.0. The van der Waals surface area contributed by atoms with Crippen molar-refractivity contribution >= 4 is 11.6 Å². The molecule has 0 aliphatic carbocycles. The van der Waals surface area contributed by atoms with Gasteiger partial charge in [-0.1, -0.05) is 60.7 Å². The minimum atomic E-state index is -0.115. The highest BCUT2D eigenvalue weighted by Gasteiger charge is 2.23. The van der Waals surface area contributed by atoms with Crippen molar-refractivity contribution in [3.63, 3.8) is 0 Å². The summed E-state index contributed by atoms with van der Waals surface area (Å²) < 4.78 is 5.71. The minimum Gasteiger partial charge on any atom is -0.373 e. The topological polar surface area (TPSA) is 53.9 Å². The molecule has 0 saturated carbocycles. The van der Waals surface area contributed by atoms with Crippen LogP contribution in [0.25, 0.3) is 0 Å². The van der Waals surface area contributed by atoms with E-state index < -0.39 is 0 Å². The van der Waals surface area contributed by atoms with Gasteiger partial charge in [-0.25, -0.2) is 5.43 Å². The fraction of sp³-hybridized carbons (Fsp3) is 0.333. The fourth-order valence-corrected chi connectivity index (χ4v) is 3.26. The summed E-state index contributed by atoms with van der Waals surface area (Å²) in [5.41, 5.74) is 5.41. The molecule has 1 aliphatic heterocycles. The van der Waals surface area contributed by atoms with Gasteiger partial charge in [-0.05, 0) is 13.8 Å². The van der Waals surface area contributed by atoms with Gasteiger partial charge in [-0.3, -0.25) is 9.69 Å². The van der Waals surface area contributed by atoms with Crippen molar-refractivity contribution in [3.8, 4) is 0 Å². The third kappa shape index (κ3) is 5.00. The number of morpholine rings is 1. The predicted molar refractivity (Wildman–Crippen MR) is 103 cm³/mol. The maximum absolute atomic E-state index is 12.4. The Labute approximate surface area is 154 Å². The van der Waals surface area contributed by atoms with Gasteiger partial charge in [0.05, 0.1) is 24.5 Å². The number of rotatable bonds is 5. The highest BCUT2D eigenvalue weighted by Crippen LogP contribution is 2.11. The summed E-state index contributed by atoms with van der Waals surface area (Å²) in [7, 11) is 0. The van der Waals surface area contributed by atoms with Crippen molar-refractivity contribution in [1.82, 2.24) is 10.3 Å². The monoisotopic (exact) mass is 351 g/mol. The van der Waals surface area contributed by atoms with Crippen molar-refractivity contribution in [3.05, 3.63) is 71.8 Å². The quantitative estimate of drug-likeness (QED) is 0.666. The van der Waals surface area contributed by atoms with Crippen molar-refractivity contribution < 1.29 is 9.53 Å². The second kappa shape index (κ2) is 8.74. The van der Waals surface area contributed by atoms with E-state index in [9.17, 15) is 4.79 Å². The molecule has 2 aromatic rings. The summed E-state index contributed by atoms with van der Waals surface area (Å²) >= 11 is 0. The number of nitrogens with zero attached hydrogens (tertiary/aromatic N) is 2. The molecule has 26 heavy (non-hydrogen) atoms. The van der Waals surface area contributed by atoms with Gasteiger partial charge in [0.2, 0.25) is 0 Å². The molecule has 136 valence electrons. The van der Waals surface area contributed by atoms with E-state index in [1.807, 2.05) is 74.5 Å². The van der Waals surface area contributed by atoms with Crippen molar-refractivity contribution in [1.29, 1.82) is 0 Å². The first-order valence-corrected chi connectivity index (χ1v) is 8.97. The molecule has 0 radical (unpaired) electrons. The first kappa shape index (κ1) is 18.3. The fourth-order valence-electron chi connectivity index (χ4n) is 3.26. The lowest BCUT2D eigenvalue weighted by Gasteiger charge is -2.34. The van der Waals surface area contributed by atoms with Gasteiger partial charge in [0, 0.05) is 24.2 Å². The summed E-state index contributed by atoms with van der Waals surface area (Å²) in [5, 5.41) is 4.43. The number of ether oxygens (including phenoxy) is 1. The van der Waals surface area contributed by atoms with E-state index in [2.05, 4.69) is 15.4 Å². The summed E-state index contributed by atoms with van der Waals surface area (Å²) in [4.78, 5) is 14.5. The SMILES string of the molecule is C[C@@H]1CN(CC(=O)NN=C(c2ccccc2)c2ccccc2)C[C@H](C)O1. The Bertz CT molecular complexity index is 695. The summed E-state index contributed by atoms with van der Waals surface area (Å²) in [6.07, 6.45) is 0.276. The van der Waals surface area contributed by atoms with Crippen LogP contribution in [-0.4, -0.2) is 48.4 Å². The number of hydrogen-bond donors (Lipinski definition) is 1. The normalized spacial score (nSPS) is 20.4. The first-order chi connectivity index (χ1) is 12.6. The van der Waals surface area contributed by atoms with Gasteiger partial charge in [0.15, 0.2) is 0 Å².